The Morgan fingerprint density at radius 1 is 1.21 bits per heavy atom. The Balaban J connectivity index is 2.17. The van der Waals surface area contributed by atoms with E-state index in [1.807, 2.05) is 0 Å². The van der Waals surface area contributed by atoms with Crippen molar-refractivity contribution in [2.45, 2.75) is 52.5 Å². The molecule has 19 heavy (non-hydrogen) atoms. The molecule has 0 atom stereocenters. The number of nitrogens with two attached hydrogens (primary N) is 1. The second kappa shape index (κ2) is 6.20. The van der Waals surface area contributed by atoms with E-state index in [0.717, 1.165) is 30.7 Å². The van der Waals surface area contributed by atoms with E-state index >= 15 is 0 Å². The molecule has 0 saturated carbocycles. The van der Waals surface area contributed by atoms with Gasteiger partial charge in [0.15, 0.2) is 0 Å². The third-order valence-electron chi connectivity index (χ3n) is 3.62. The van der Waals surface area contributed by atoms with Crippen LogP contribution < -0.4 is 5.73 Å². The van der Waals surface area contributed by atoms with Crippen LogP contribution >= 0.6 is 0 Å². The zero-order valence-corrected chi connectivity index (χ0v) is 12.3. The molecule has 0 spiro atoms. The molecule has 104 valence electrons. The zero-order chi connectivity index (χ0) is 13.8. The van der Waals surface area contributed by atoms with Crippen molar-refractivity contribution in [3.8, 4) is 0 Å². The molecule has 0 unspecified atom stereocenters. The summed E-state index contributed by atoms with van der Waals surface area (Å²) in [4.78, 5) is 4.68. The number of nitrogens with zero attached hydrogens (tertiary/aromatic N) is 2. The minimum absolute atomic E-state index is 0.459. The Morgan fingerprint density at radius 2 is 2.00 bits per heavy atom. The second-order valence-electron chi connectivity index (χ2n) is 5.55. The molecule has 0 aliphatic carbocycles. The lowest BCUT2D eigenvalue weighted by molar-refractivity contribution is 0.600. The largest absolute Gasteiger partial charge is 0.330 e. The molecular formula is C16H25N3. The topological polar surface area (TPSA) is 43.8 Å². The summed E-state index contributed by atoms with van der Waals surface area (Å²) in [5, 5.41) is 0. The third-order valence-corrected chi connectivity index (χ3v) is 3.62. The number of hydrogen-bond acceptors (Lipinski definition) is 2. The molecule has 0 fully saturated rings. The van der Waals surface area contributed by atoms with Crippen LogP contribution in [0, 0.1) is 6.92 Å². The van der Waals surface area contributed by atoms with Gasteiger partial charge in [0.05, 0.1) is 11.0 Å². The molecule has 2 N–H and O–H groups in total. The Morgan fingerprint density at radius 3 is 2.68 bits per heavy atom. The van der Waals surface area contributed by atoms with Gasteiger partial charge in [-0.15, -0.1) is 0 Å². The van der Waals surface area contributed by atoms with Crippen LogP contribution in [0.15, 0.2) is 18.2 Å². The van der Waals surface area contributed by atoms with Crippen LogP contribution in [0.2, 0.25) is 0 Å². The first kappa shape index (κ1) is 14.1. The number of aryl methyl sites for hydroxylation is 2. The van der Waals surface area contributed by atoms with E-state index in [0.29, 0.717) is 6.04 Å². The molecule has 1 aromatic heterocycles. The predicted octanol–water partition coefficient (Wildman–Crippen LogP) is 3.60. The number of rotatable bonds is 6. The van der Waals surface area contributed by atoms with Crippen molar-refractivity contribution in [2.75, 3.05) is 6.54 Å². The molecule has 0 bridgehead atoms. The summed E-state index contributed by atoms with van der Waals surface area (Å²) in [5.74, 6) is 1.10. The van der Waals surface area contributed by atoms with Gasteiger partial charge >= 0.3 is 0 Å². The van der Waals surface area contributed by atoms with E-state index in [9.17, 15) is 0 Å². The fourth-order valence-corrected chi connectivity index (χ4v) is 2.72. The van der Waals surface area contributed by atoms with Gasteiger partial charge in [-0.2, -0.15) is 0 Å². The zero-order valence-electron chi connectivity index (χ0n) is 12.3. The van der Waals surface area contributed by atoms with Crippen LogP contribution in [0.5, 0.6) is 0 Å². The highest BCUT2D eigenvalue weighted by atomic mass is 15.1. The summed E-state index contributed by atoms with van der Waals surface area (Å²) >= 11 is 0. The number of benzene rings is 1. The van der Waals surface area contributed by atoms with Gasteiger partial charge in [-0.1, -0.05) is 12.5 Å². The van der Waals surface area contributed by atoms with Crippen molar-refractivity contribution < 1.29 is 0 Å². The maximum atomic E-state index is 5.52. The summed E-state index contributed by atoms with van der Waals surface area (Å²) in [6.07, 6.45) is 4.69. The summed E-state index contributed by atoms with van der Waals surface area (Å²) in [6.45, 7) is 7.29. The molecule has 0 radical (unpaired) electrons. The number of aromatic nitrogens is 2. The first-order valence-corrected chi connectivity index (χ1v) is 7.31. The number of hydrogen-bond donors (Lipinski definition) is 1. The minimum atomic E-state index is 0.459. The Kier molecular flexibility index (Phi) is 4.59. The van der Waals surface area contributed by atoms with Gasteiger partial charge in [0.2, 0.25) is 0 Å². The van der Waals surface area contributed by atoms with Crippen molar-refractivity contribution in [3.05, 3.63) is 29.6 Å². The first-order valence-electron chi connectivity index (χ1n) is 7.31. The lowest BCUT2D eigenvalue weighted by Crippen LogP contribution is -2.02. The fourth-order valence-electron chi connectivity index (χ4n) is 2.72. The van der Waals surface area contributed by atoms with Crippen molar-refractivity contribution in [3.63, 3.8) is 0 Å². The summed E-state index contributed by atoms with van der Waals surface area (Å²) in [5.41, 5.74) is 9.28. The number of imidazole rings is 1. The Bertz CT molecular complexity index is 540. The van der Waals surface area contributed by atoms with Gasteiger partial charge in [-0.3, -0.25) is 0 Å². The predicted molar refractivity (Wildman–Crippen MR) is 81.5 cm³/mol. The summed E-state index contributed by atoms with van der Waals surface area (Å²) < 4.78 is 2.30. The minimum Gasteiger partial charge on any atom is -0.330 e. The molecule has 0 aliphatic heterocycles. The van der Waals surface area contributed by atoms with Crippen molar-refractivity contribution in [2.24, 2.45) is 5.73 Å². The van der Waals surface area contributed by atoms with E-state index < -0.39 is 0 Å². The molecule has 3 heteroatoms. The summed E-state index contributed by atoms with van der Waals surface area (Å²) in [7, 11) is 0. The molecule has 0 saturated heterocycles. The maximum absolute atomic E-state index is 5.52. The van der Waals surface area contributed by atoms with Crippen LogP contribution in [-0.4, -0.2) is 16.1 Å². The number of unbranched alkanes of at least 4 members (excludes halogenated alkanes) is 2. The highest BCUT2D eigenvalue weighted by molar-refractivity contribution is 5.77. The fraction of sp³-hybridized carbons (Fsp3) is 0.562. The van der Waals surface area contributed by atoms with Crippen molar-refractivity contribution in [1.82, 2.24) is 9.55 Å². The average Bonchev–Trinajstić information content (AvgIpc) is 2.69. The van der Waals surface area contributed by atoms with E-state index in [1.54, 1.807) is 0 Å². The smallest absolute Gasteiger partial charge is 0.106 e. The van der Waals surface area contributed by atoms with E-state index in [-0.39, 0.29) is 0 Å². The molecule has 3 nitrogen and oxygen atoms in total. The highest BCUT2D eigenvalue weighted by Crippen LogP contribution is 2.22. The monoisotopic (exact) mass is 259 g/mol. The van der Waals surface area contributed by atoms with Crippen LogP contribution in [-0.2, 0) is 6.42 Å². The van der Waals surface area contributed by atoms with Crippen molar-refractivity contribution >= 4 is 11.0 Å². The molecule has 2 rings (SSSR count). The maximum Gasteiger partial charge on any atom is 0.106 e. The van der Waals surface area contributed by atoms with Crippen LogP contribution in [0.1, 0.15) is 50.5 Å². The molecule has 1 heterocycles. The van der Waals surface area contributed by atoms with E-state index in [4.69, 9.17) is 5.73 Å². The SMILES string of the molecule is Cc1nc2cc(CCCCCN)ccc2n1C(C)C. The quantitative estimate of drug-likeness (QED) is 0.806. The Hall–Kier alpha value is -1.35. The van der Waals surface area contributed by atoms with Gasteiger partial charge in [0.25, 0.3) is 0 Å². The average molecular weight is 259 g/mol. The highest BCUT2D eigenvalue weighted by Gasteiger charge is 2.10. The van der Waals surface area contributed by atoms with Gasteiger partial charge in [-0.25, -0.2) is 4.98 Å². The molecule has 1 aromatic carbocycles. The van der Waals surface area contributed by atoms with E-state index in [1.165, 1.54) is 23.9 Å². The van der Waals surface area contributed by atoms with Crippen LogP contribution in [0.25, 0.3) is 11.0 Å². The van der Waals surface area contributed by atoms with E-state index in [2.05, 4.69) is 48.5 Å². The van der Waals surface area contributed by atoms with Gasteiger partial charge in [0.1, 0.15) is 5.82 Å². The van der Waals surface area contributed by atoms with Crippen molar-refractivity contribution in [1.29, 1.82) is 0 Å². The van der Waals surface area contributed by atoms with Gasteiger partial charge in [-0.05, 0) is 64.3 Å². The molecule has 0 aliphatic rings. The lowest BCUT2D eigenvalue weighted by Gasteiger charge is -2.10. The standard InChI is InChI=1S/C16H25N3/c1-12(2)19-13(3)18-15-11-14(8-9-16(15)19)7-5-4-6-10-17/h8-9,11-12H,4-7,10,17H2,1-3H3. The van der Waals surface area contributed by atoms with Gasteiger partial charge < -0.3 is 10.3 Å². The van der Waals surface area contributed by atoms with Crippen LogP contribution in [0.4, 0.5) is 0 Å². The normalized spacial score (nSPS) is 11.6. The third kappa shape index (κ3) is 3.16. The lowest BCUT2D eigenvalue weighted by atomic mass is 10.1. The first-order chi connectivity index (χ1) is 9.13. The molecular weight excluding hydrogens is 234 g/mol. The summed E-state index contributed by atoms with van der Waals surface area (Å²) in [6, 6.07) is 7.16. The molecule has 2 aromatic rings. The van der Waals surface area contributed by atoms with Crippen LogP contribution in [0.3, 0.4) is 0 Å². The molecule has 0 amide bonds. The second-order valence-corrected chi connectivity index (χ2v) is 5.55. The number of fused-ring (bicyclic) bond motifs is 1. The Labute approximate surface area is 115 Å². The van der Waals surface area contributed by atoms with Gasteiger partial charge in [0, 0.05) is 6.04 Å².